The minimum atomic E-state index is -0.284. The number of benzene rings is 1. The number of nitrogens with two attached hydrogens (primary N) is 1. The third-order valence-corrected chi connectivity index (χ3v) is 3.03. The predicted molar refractivity (Wildman–Crippen MR) is 72.5 cm³/mol. The van der Waals surface area contributed by atoms with Crippen molar-refractivity contribution in [3.8, 4) is 5.75 Å². The van der Waals surface area contributed by atoms with Crippen molar-refractivity contribution in [2.75, 3.05) is 20.2 Å². The van der Waals surface area contributed by atoms with Crippen LogP contribution in [0.1, 0.15) is 31.9 Å². The van der Waals surface area contributed by atoms with Crippen molar-refractivity contribution in [3.05, 3.63) is 29.8 Å². The van der Waals surface area contributed by atoms with Crippen LogP contribution in [0.4, 0.5) is 0 Å². The van der Waals surface area contributed by atoms with E-state index in [2.05, 4.69) is 0 Å². The van der Waals surface area contributed by atoms with Gasteiger partial charge in [0, 0.05) is 25.6 Å². The van der Waals surface area contributed by atoms with Gasteiger partial charge in [-0.05, 0) is 31.5 Å². The molecule has 1 atom stereocenters. The number of hydrogen-bond acceptors (Lipinski definition) is 3. The second-order valence-corrected chi connectivity index (χ2v) is 4.15. The summed E-state index contributed by atoms with van der Waals surface area (Å²) in [6, 6.07) is 7.26. The normalized spacial score (nSPS) is 12.0. The molecular weight excluding hydrogens is 228 g/mol. The van der Waals surface area contributed by atoms with Crippen molar-refractivity contribution in [1.29, 1.82) is 0 Å². The third-order valence-electron chi connectivity index (χ3n) is 3.03. The molecule has 0 fully saturated rings. The molecule has 1 amide bonds. The molecule has 0 aliphatic carbocycles. The number of methoxy groups -OCH3 is 1. The lowest BCUT2D eigenvalue weighted by molar-refractivity contribution is -0.131. The third kappa shape index (κ3) is 3.74. The zero-order valence-corrected chi connectivity index (χ0v) is 11.3. The maximum Gasteiger partial charge on any atom is 0.224 e. The first kappa shape index (κ1) is 14.5. The van der Waals surface area contributed by atoms with E-state index < -0.39 is 0 Å². The van der Waals surface area contributed by atoms with Gasteiger partial charge in [0.1, 0.15) is 5.75 Å². The van der Waals surface area contributed by atoms with Gasteiger partial charge in [0.25, 0.3) is 0 Å². The smallest absolute Gasteiger partial charge is 0.224 e. The lowest BCUT2D eigenvalue weighted by Gasteiger charge is -2.21. The molecule has 1 rings (SSSR count). The highest BCUT2D eigenvalue weighted by Gasteiger charge is 2.16. The number of amides is 1. The molecule has 100 valence electrons. The largest absolute Gasteiger partial charge is 0.497 e. The van der Waals surface area contributed by atoms with Gasteiger partial charge in [-0.15, -0.1) is 0 Å². The van der Waals surface area contributed by atoms with Crippen LogP contribution in [0.25, 0.3) is 0 Å². The van der Waals surface area contributed by atoms with Crippen LogP contribution >= 0.6 is 0 Å². The average molecular weight is 250 g/mol. The molecule has 0 spiro atoms. The molecule has 4 heteroatoms. The number of rotatable bonds is 6. The first-order valence-electron chi connectivity index (χ1n) is 6.29. The lowest BCUT2D eigenvalue weighted by Crippen LogP contribution is -2.32. The molecule has 4 nitrogen and oxygen atoms in total. The van der Waals surface area contributed by atoms with Gasteiger partial charge >= 0.3 is 0 Å². The van der Waals surface area contributed by atoms with E-state index >= 15 is 0 Å². The van der Waals surface area contributed by atoms with Crippen molar-refractivity contribution in [2.45, 2.75) is 26.3 Å². The molecule has 0 saturated carbocycles. The maximum absolute atomic E-state index is 12.0. The second kappa shape index (κ2) is 7.01. The Balaban J connectivity index is 2.69. The zero-order chi connectivity index (χ0) is 13.5. The quantitative estimate of drug-likeness (QED) is 0.839. The van der Waals surface area contributed by atoms with Crippen molar-refractivity contribution >= 4 is 5.91 Å². The molecule has 0 aromatic heterocycles. The number of carbonyl (C=O) groups is 1. The Morgan fingerprint density at radius 3 is 2.61 bits per heavy atom. The van der Waals surface area contributed by atoms with E-state index in [0.29, 0.717) is 6.42 Å². The highest BCUT2D eigenvalue weighted by atomic mass is 16.5. The topological polar surface area (TPSA) is 55.6 Å². The summed E-state index contributed by atoms with van der Waals surface area (Å²) in [7, 11) is 1.62. The van der Waals surface area contributed by atoms with E-state index in [1.165, 1.54) is 0 Å². The predicted octanol–water partition coefficient (Wildman–Crippen LogP) is 1.95. The molecule has 0 saturated heterocycles. The molecule has 1 aromatic rings. The van der Waals surface area contributed by atoms with Crippen LogP contribution in [-0.4, -0.2) is 31.0 Å². The maximum atomic E-state index is 12.0. The van der Waals surface area contributed by atoms with Gasteiger partial charge in [0.2, 0.25) is 5.91 Å². The summed E-state index contributed by atoms with van der Waals surface area (Å²) >= 11 is 0. The number of nitrogens with zero attached hydrogens (tertiary/aromatic N) is 1. The van der Waals surface area contributed by atoms with Crippen molar-refractivity contribution in [1.82, 2.24) is 4.90 Å². The van der Waals surface area contributed by atoms with Crippen LogP contribution in [0.15, 0.2) is 24.3 Å². The zero-order valence-electron chi connectivity index (χ0n) is 11.3. The SMILES string of the molecule is CCN(CC)C(=O)CC(N)c1cccc(OC)c1. The summed E-state index contributed by atoms with van der Waals surface area (Å²) in [4.78, 5) is 13.7. The number of carbonyl (C=O) groups excluding carboxylic acids is 1. The van der Waals surface area contributed by atoms with Crippen molar-refractivity contribution in [3.63, 3.8) is 0 Å². The van der Waals surface area contributed by atoms with E-state index in [4.69, 9.17) is 10.5 Å². The minimum absolute atomic E-state index is 0.0929. The Hall–Kier alpha value is -1.55. The van der Waals surface area contributed by atoms with Crippen LogP contribution in [-0.2, 0) is 4.79 Å². The van der Waals surface area contributed by atoms with Gasteiger partial charge in [0.05, 0.1) is 7.11 Å². The summed E-state index contributed by atoms with van der Waals surface area (Å²) in [6.07, 6.45) is 0.328. The standard InChI is InChI=1S/C14H22N2O2/c1-4-16(5-2)14(17)10-13(15)11-7-6-8-12(9-11)18-3/h6-9,13H,4-5,10,15H2,1-3H3. The average Bonchev–Trinajstić information content (AvgIpc) is 2.40. The fourth-order valence-corrected chi connectivity index (χ4v) is 1.88. The van der Waals surface area contributed by atoms with Crippen LogP contribution < -0.4 is 10.5 Å². The highest BCUT2D eigenvalue weighted by molar-refractivity contribution is 5.77. The summed E-state index contributed by atoms with van der Waals surface area (Å²) in [5.74, 6) is 0.855. The molecule has 18 heavy (non-hydrogen) atoms. The van der Waals surface area contributed by atoms with Crippen LogP contribution in [0.5, 0.6) is 5.75 Å². The Morgan fingerprint density at radius 1 is 1.39 bits per heavy atom. The minimum Gasteiger partial charge on any atom is -0.497 e. The van der Waals surface area contributed by atoms with Crippen LogP contribution in [0.2, 0.25) is 0 Å². The van der Waals surface area contributed by atoms with E-state index in [1.54, 1.807) is 12.0 Å². The Bertz CT molecular complexity index is 389. The fourth-order valence-electron chi connectivity index (χ4n) is 1.88. The summed E-state index contributed by atoms with van der Waals surface area (Å²) < 4.78 is 5.15. The lowest BCUT2D eigenvalue weighted by atomic mass is 10.0. The first-order chi connectivity index (χ1) is 8.62. The Morgan fingerprint density at radius 2 is 2.06 bits per heavy atom. The van der Waals surface area contributed by atoms with Crippen molar-refractivity contribution in [2.24, 2.45) is 5.73 Å². The Kier molecular flexibility index (Phi) is 5.65. The molecule has 0 bridgehead atoms. The molecule has 2 N–H and O–H groups in total. The van der Waals surface area contributed by atoms with Gasteiger partial charge in [0.15, 0.2) is 0 Å². The number of ether oxygens (including phenoxy) is 1. The molecule has 0 aliphatic heterocycles. The Labute approximate surface area is 109 Å². The van der Waals surface area contributed by atoms with E-state index in [1.807, 2.05) is 38.1 Å². The number of hydrogen-bond donors (Lipinski definition) is 1. The highest BCUT2D eigenvalue weighted by Crippen LogP contribution is 2.20. The molecule has 0 aliphatic rings. The van der Waals surface area contributed by atoms with Gasteiger partial charge in [-0.25, -0.2) is 0 Å². The summed E-state index contributed by atoms with van der Waals surface area (Å²) in [5, 5.41) is 0. The molecule has 0 radical (unpaired) electrons. The van der Waals surface area contributed by atoms with E-state index in [9.17, 15) is 4.79 Å². The van der Waals surface area contributed by atoms with Crippen molar-refractivity contribution < 1.29 is 9.53 Å². The second-order valence-electron chi connectivity index (χ2n) is 4.15. The van der Waals surface area contributed by atoms with Gasteiger partial charge in [-0.2, -0.15) is 0 Å². The molecular formula is C14H22N2O2. The molecule has 1 aromatic carbocycles. The molecule has 0 heterocycles. The summed E-state index contributed by atoms with van der Waals surface area (Å²) in [5.41, 5.74) is 6.99. The van der Waals surface area contributed by atoms with E-state index in [-0.39, 0.29) is 11.9 Å². The van der Waals surface area contributed by atoms with E-state index in [0.717, 1.165) is 24.4 Å². The van der Waals surface area contributed by atoms with Gasteiger partial charge in [-0.3, -0.25) is 4.79 Å². The monoisotopic (exact) mass is 250 g/mol. The first-order valence-corrected chi connectivity index (χ1v) is 6.29. The molecule has 1 unspecified atom stereocenters. The fraction of sp³-hybridized carbons (Fsp3) is 0.500. The van der Waals surface area contributed by atoms with Gasteiger partial charge < -0.3 is 15.4 Å². The summed E-state index contributed by atoms with van der Waals surface area (Å²) in [6.45, 7) is 5.39. The van der Waals surface area contributed by atoms with Crippen LogP contribution in [0, 0.1) is 0 Å². The van der Waals surface area contributed by atoms with Gasteiger partial charge in [-0.1, -0.05) is 12.1 Å². The van der Waals surface area contributed by atoms with Crippen LogP contribution in [0.3, 0.4) is 0 Å².